The molecule has 3 heteroatoms. The number of nitrogens with zero attached hydrogens (tertiary/aromatic N) is 2. The van der Waals surface area contributed by atoms with E-state index in [1.165, 1.54) is 44.2 Å². The number of aryl methyl sites for hydroxylation is 6. The smallest absolute Gasteiger partial charge is 0.0692 e. The number of aliphatic imine (C=N–C) groups is 2. The summed E-state index contributed by atoms with van der Waals surface area (Å²) in [5.41, 5.74) is 13.5. The van der Waals surface area contributed by atoms with Gasteiger partial charge in [-0.05, 0) is 77.6 Å². The fourth-order valence-electron chi connectivity index (χ4n) is 4.89. The lowest BCUT2D eigenvalue weighted by Gasteiger charge is -2.09. The number of aromatic nitrogens is 1. The van der Waals surface area contributed by atoms with Crippen molar-refractivity contribution >= 4 is 33.6 Å². The van der Waals surface area contributed by atoms with Crippen molar-refractivity contribution in [1.29, 1.82) is 0 Å². The van der Waals surface area contributed by atoms with Crippen LogP contribution >= 0.6 is 0 Å². The molecule has 0 unspecified atom stereocenters. The fourth-order valence-corrected chi connectivity index (χ4v) is 4.89. The lowest BCUT2D eigenvalue weighted by atomic mass is 10.0. The highest BCUT2D eigenvalue weighted by molar-refractivity contribution is 6.17. The molecular formula is C30H33N3. The summed E-state index contributed by atoms with van der Waals surface area (Å²) in [5, 5.41) is 2.34. The molecule has 4 aromatic rings. The first-order valence-electron chi connectivity index (χ1n) is 11.5. The van der Waals surface area contributed by atoms with Gasteiger partial charge in [0.25, 0.3) is 0 Å². The summed E-state index contributed by atoms with van der Waals surface area (Å²) in [4.78, 5) is 13.8. The van der Waals surface area contributed by atoms with E-state index in [2.05, 4.69) is 109 Å². The highest BCUT2D eigenvalue weighted by Crippen LogP contribution is 2.30. The Morgan fingerprint density at radius 2 is 0.909 bits per heavy atom. The maximum absolute atomic E-state index is 5.06. The van der Waals surface area contributed by atoms with E-state index in [9.17, 15) is 0 Å². The van der Waals surface area contributed by atoms with Crippen LogP contribution in [-0.2, 0) is 0 Å². The molecule has 168 valence electrons. The van der Waals surface area contributed by atoms with Crippen LogP contribution in [0, 0.1) is 41.5 Å². The van der Waals surface area contributed by atoms with Gasteiger partial charge >= 0.3 is 0 Å². The Morgan fingerprint density at radius 1 is 0.576 bits per heavy atom. The number of aromatic amines is 1. The molecule has 0 saturated carbocycles. The molecule has 33 heavy (non-hydrogen) atoms. The van der Waals surface area contributed by atoms with Crippen LogP contribution < -0.4 is 0 Å². The van der Waals surface area contributed by atoms with Crippen LogP contribution in [0.2, 0.25) is 0 Å². The summed E-state index contributed by atoms with van der Waals surface area (Å²) in [6.07, 6.45) is 0. The lowest BCUT2D eigenvalue weighted by Crippen LogP contribution is -2.00. The summed E-state index contributed by atoms with van der Waals surface area (Å²) < 4.78 is 0. The third-order valence-corrected chi connectivity index (χ3v) is 6.27. The van der Waals surface area contributed by atoms with Gasteiger partial charge in [0.15, 0.2) is 0 Å². The van der Waals surface area contributed by atoms with Gasteiger partial charge in [-0.15, -0.1) is 0 Å². The van der Waals surface area contributed by atoms with Gasteiger partial charge in [0, 0.05) is 10.8 Å². The number of rotatable bonds is 4. The monoisotopic (exact) mass is 435 g/mol. The molecule has 1 heterocycles. The van der Waals surface area contributed by atoms with E-state index in [1.807, 2.05) is 0 Å². The van der Waals surface area contributed by atoms with Gasteiger partial charge in [0.1, 0.15) is 0 Å². The normalized spacial score (nSPS) is 12.6. The molecule has 0 bridgehead atoms. The van der Waals surface area contributed by atoms with Crippen molar-refractivity contribution in [2.24, 2.45) is 9.98 Å². The molecular weight excluding hydrogens is 402 g/mol. The summed E-state index contributed by atoms with van der Waals surface area (Å²) in [7, 11) is 0. The zero-order chi connectivity index (χ0) is 23.9. The van der Waals surface area contributed by atoms with Gasteiger partial charge in [0.05, 0.1) is 34.2 Å². The molecule has 0 aliphatic rings. The number of benzene rings is 3. The van der Waals surface area contributed by atoms with Gasteiger partial charge < -0.3 is 4.98 Å². The molecule has 1 aromatic heterocycles. The van der Waals surface area contributed by atoms with E-state index in [-0.39, 0.29) is 0 Å². The molecule has 0 amide bonds. The largest absolute Gasteiger partial charge is 0.352 e. The van der Waals surface area contributed by atoms with Crippen molar-refractivity contribution in [1.82, 2.24) is 4.98 Å². The van der Waals surface area contributed by atoms with Crippen molar-refractivity contribution in [2.75, 3.05) is 0 Å². The molecule has 0 aliphatic heterocycles. The average Bonchev–Trinajstić information content (AvgIpc) is 3.13. The van der Waals surface area contributed by atoms with Crippen LogP contribution in [0.4, 0.5) is 11.4 Å². The maximum atomic E-state index is 5.06. The number of fused-ring (bicyclic) bond motifs is 1. The van der Waals surface area contributed by atoms with E-state index in [0.29, 0.717) is 0 Å². The van der Waals surface area contributed by atoms with Gasteiger partial charge in [-0.25, -0.2) is 0 Å². The minimum absolute atomic E-state index is 0.975. The van der Waals surface area contributed by atoms with Crippen molar-refractivity contribution in [3.05, 3.63) is 93.3 Å². The molecule has 1 N–H and O–H groups in total. The molecule has 0 aliphatic carbocycles. The molecule has 0 atom stereocenters. The third kappa shape index (κ3) is 4.41. The second kappa shape index (κ2) is 8.82. The van der Waals surface area contributed by atoms with Crippen molar-refractivity contribution in [3.8, 4) is 0 Å². The number of hydrogen-bond donors (Lipinski definition) is 1. The highest BCUT2D eigenvalue weighted by atomic mass is 14.9. The average molecular weight is 436 g/mol. The lowest BCUT2D eigenvalue weighted by molar-refractivity contribution is 1.26. The van der Waals surface area contributed by atoms with Crippen LogP contribution in [0.15, 0.2) is 58.5 Å². The summed E-state index contributed by atoms with van der Waals surface area (Å²) in [5.74, 6) is 0. The van der Waals surface area contributed by atoms with E-state index in [1.54, 1.807) is 0 Å². The topological polar surface area (TPSA) is 40.5 Å². The number of hydrogen-bond acceptors (Lipinski definition) is 2. The Hall–Kier alpha value is -3.46. The third-order valence-electron chi connectivity index (χ3n) is 6.27. The highest BCUT2D eigenvalue weighted by Gasteiger charge is 2.15. The molecule has 4 rings (SSSR count). The Morgan fingerprint density at radius 3 is 1.24 bits per heavy atom. The van der Waals surface area contributed by atoms with Gasteiger partial charge in [0.2, 0.25) is 0 Å². The zero-order valence-corrected chi connectivity index (χ0v) is 21.0. The van der Waals surface area contributed by atoms with Crippen LogP contribution in [0.1, 0.15) is 58.6 Å². The van der Waals surface area contributed by atoms with Gasteiger partial charge in [-0.1, -0.05) is 59.7 Å². The maximum Gasteiger partial charge on any atom is 0.0692 e. The molecule has 3 nitrogen and oxygen atoms in total. The summed E-state index contributed by atoms with van der Waals surface area (Å²) in [6.45, 7) is 17.0. The van der Waals surface area contributed by atoms with Crippen molar-refractivity contribution in [2.45, 2.75) is 55.4 Å². The van der Waals surface area contributed by atoms with E-state index >= 15 is 0 Å². The molecule has 0 spiro atoms. The van der Waals surface area contributed by atoms with Gasteiger partial charge in [-0.2, -0.15) is 0 Å². The molecule has 3 aromatic carbocycles. The van der Waals surface area contributed by atoms with Crippen molar-refractivity contribution in [3.63, 3.8) is 0 Å². The zero-order valence-electron chi connectivity index (χ0n) is 21.0. The van der Waals surface area contributed by atoms with E-state index in [4.69, 9.17) is 9.98 Å². The second-order valence-corrected chi connectivity index (χ2v) is 9.31. The molecule has 0 fully saturated rings. The van der Waals surface area contributed by atoms with Crippen LogP contribution in [-0.4, -0.2) is 16.4 Å². The fraction of sp³-hybridized carbons (Fsp3) is 0.267. The molecule has 0 saturated heterocycles. The first-order chi connectivity index (χ1) is 15.7. The Kier molecular flexibility index (Phi) is 6.07. The minimum atomic E-state index is 0.975. The SMILES string of the molecule is CC(=Nc1c(C)cc(C)cc1C)c1[nH]c(C(C)=Nc2c(C)cc(C)cc2C)c2ccccc12. The van der Waals surface area contributed by atoms with Crippen LogP contribution in [0.3, 0.4) is 0 Å². The Balaban J connectivity index is 1.86. The van der Waals surface area contributed by atoms with E-state index < -0.39 is 0 Å². The van der Waals surface area contributed by atoms with Gasteiger partial charge in [-0.3, -0.25) is 9.98 Å². The predicted octanol–water partition coefficient (Wildman–Crippen LogP) is 8.30. The van der Waals surface area contributed by atoms with Crippen LogP contribution in [0.5, 0.6) is 0 Å². The standard InChI is InChI=1S/C30H33N3/c1-17-13-19(3)27(20(4)14-17)31-23(7)29-25-11-9-10-12-26(25)30(33-29)24(8)32-28-21(5)15-18(2)16-22(28)6/h9-16,33H,1-8H3. The number of H-pyrrole nitrogens is 1. The molecule has 0 radical (unpaired) electrons. The predicted molar refractivity (Wildman–Crippen MR) is 143 cm³/mol. The quantitative estimate of drug-likeness (QED) is 0.313. The number of nitrogens with one attached hydrogen (secondary N) is 1. The second-order valence-electron chi connectivity index (χ2n) is 9.31. The first kappa shape index (κ1) is 22.7. The summed E-state index contributed by atoms with van der Waals surface area (Å²) >= 11 is 0. The Bertz CT molecular complexity index is 1280. The minimum Gasteiger partial charge on any atom is -0.352 e. The van der Waals surface area contributed by atoms with E-state index in [0.717, 1.165) is 34.2 Å². The Labute approximate surface area is 197 Å². The first-order valence-corrected chi connectivity index (χ1v) is 11.5. The van der Waals surface area contributed by atoms with Crippen molar-refractivity contribution < 1.29 is 0 Å². The van der Waals surface area contributed by atoms with Crippen LogP contribution in [0.25, 0.3) is 10.8 Å². The summed E-state index contributed by atoms with van der Waals surface area (Å²) in [6, 6.07) is 17.3.